The molecule has 0 aromatic heterocycles. The maximum Gasteiger partial charge on any atom is 0.415 e. The van der Waals surface area contributed by atoms with Crippen molar-refractivity contribution >= 4 is 17.9 Å². The van der Waals surface area contributed by atoms with Gasteiger partial charge in [0.15, 0.2) is 0 Å². The number of nitrogens with zero attached hydrogens (tertiary/aromatic N) is 1. The molecule has 6 nitrogen and oxygen atoms in total. The first kappa shape index (κ1) is 19.3. The molecule has 0 spiro atoms. The van der Waals surface area contributed by atoms with Gasteiger partial charge in [0, 0.05) is 24.8 Å². The van der Waals surface area contributed by atoms with E-state index < -0.39 is 12.2 Å². The third-order valence-electron chi connectivity index (χ3n) is 3.73. The van der Waals surface area contributed by atoms with Crippen LogP contribution in [0.5, 0.6) is 5.75 Å². The Bertz CT molecular complexity index is 719. The third-order valence-corrected chi connectivity index (χ3v) is 3.73. The Kier molecular flexibility index (Phi) is 7.49. The Labute approximate surface area is 153 Å². The van der Waals surface area contributed by atoms with Gasteiger partial charge in [-0.3, -0.25) is 5.32 Å². The Hall–Kier alpha value is -3.02. The smallest absolute Gasteiger partial charge is 0.415 e. The molecule has 2 aromatic carbocycles. The van der Waals surface area contributed by atoms with Gasteiger partial charge in [-0.25, -0.2) is 9.59 Å². The van der Waals surface area contributed by atoms with E-state index in [2.05, 4.69) is 17.0 Å². The van der Waals surface area contributed by atoms with Crippen LogP contribution in [0.25, 0.3) is 0 Å². The van der Waals surface area contributed by atoms with Gasteiger partial charge in [-0.2, -0.15) is 0 Å². The molecule has 0 fully saturated rings. The molecule has 0 radical (unpaired) electrons. The van der Waals surface area contributed by atoms with Gasteiger partial charge in [0.05, 0.1) is 7.11 Å². The predicted octanol–water partition coefficient (Wildman–Crippen LogP) is 4.67. The van der Waals surface area contributed by atoms with Crippen molar-refractivity contribution in [3.05, 3.63) is 60.2 Å². The Morgan fingerprint density at radius 2 is 1.85 bits per heavy atom. The second-order valence-electron chi connectivity index (χ2n) is 5.77. The highest BCUT2D eigenvalue weighted by Crippen LogP contribution is 2.19. The summed E-state index contributed by atoms with van der Waals surface area (Å²) in [5.41, 5.74) is 1.53. The number of unbranched alkanes of at least 4 members (excludes halogenated alkanes) is 1. The molecule has 0 bridgehead atoms. The normalized spacial score (nSPS) is 10.1. The number of ether oxygens (including phenoxy) is 2. The van der Waals surface area contributed by atoms with E-state index in [0.717, 1.165) is 18.4 Å². The zero-order chi connectivity index (χ0) is 18.8. The van der Waals surface area contributed by atoms with Crippen LogP contribution in [0.1, 0.15) is 25.3 Å². The maximum absolute atomic E-state index is 12.6. The molecule has 0 aliphatic rings. The molecule has 1 N–H and O–H groups in total. The van der Waals surface area contributed by atoms with Crippen LogP contribution in [0.15, 0.2) is 54.6 Å². The fourth-order valence-corrected chi connectivity index (χ4v) is 2.36. The average Bonchev–Trinajstić information content (AvgIpc) is 2.66. The van der Waals surface area contributed by atoms with Crippen LogP contribution in [0, 0.1) is 0 Å². The quantitative estimate of drug-likeness (QED) is 0.783. The molecule has 0 aliphatic heterocycles. The Morgan fingerprint density at radius 3 is 2.54 bits per heavy atom. The summed E-state index contributed by atoms with van der Waals surface area (Å²) in [5, 5.41) is 2.54. The van der Waals surface area contributed by atoms with Gasteiger partial charge < -0.3 is 14.4 Å². The first-order valence-corrected chi connectivity index (χ1v) is 8.58. The molecule has 2 rings (SSSR count). The van der Waals surface area contributed by atoms with Gasteiger partial charge in [-0.1, -0.05) is 49.7 Å². The minimum absolute atomic E-state index is 0.360. The molecule has 2 amide bonds. The number of hydrogen-bond acceptors (Lipinski definition) is 4. The number of rotatable bonds is 7. The highest BCUT2D eigenvalue weighted by atomic mass is 16.6. The van der Waals surface area contributed by atoms with Crippen molar-refractivity contribution in [3.8, 4) is 5.75 Å². The molecule has 0 atom stereocenters. The van der Waals surface area contributed by atoms with Crippen molar-refractivity contribution in [2.45, 2.75) is 26.3 Å². The van der Waals surface area contributed by atoms with E-state index in [4.69, 9.17) is 4.74 Å². The van der Waals surface area contributed by atoms with E-state index in [9.17, 15) is 9.59 Å². The second-order valence-corrected chi connectivity index (χ2v) is 5.77. The number of carbonyl (C=O) groups excluding carboxylic acids is 2. The van der Waals surface area contributed by atoms with Gasteiger partial charge in [0.1, 0.15) is 5.75 Å². The number of amides is 2. The number of carbonyl (C=O) groups is 2. The topological polar surface area (TPSA) is 67.9 Å². The van der Waals surface area contributed by atoms with Crippen molar-refractivity contribution in [2.75, 3.05) is 19.0 Å². The van der Waals surface area contributed by atoms with Crippen molar-refractivity contribution in [1.29, 1.82) is 0 Å². The molecule has 0 saturated carbocycles. The summed E-state index contributed by atoms with van der Waals surface area (Å²) in [7, 11) is 1.29. The highest BCUT2D eigenvalue weighted by Gasteiger charge is 2.16. The fraction of sp³-hybridized carbons (Fsp3) is 0.300. The van der Waals surface area contributed by atoms with Gasteiger partial charge in [0.25, 0.3) is 0 Å². The summed E-state index contributed by atoms with van der Waals surface area (Å²) in [5.74, 6) is 0.360. The summed E-state index contributed by atoms with van der Waals surface area (Å²) in [6, 6.07) is 16.4. The SMILES string of the molecule is CCCCN(Cc1ccccc1)C(=O)Oc1cccc(NC(=O)OC)c1. The number of hydrogen-bond donors (Lipinski definition) is 1. The largest absolute Gasteiger partial charge is 0.453 e. The van der Waals surface area contributed by atoms with Crippen molar-refractivity contribution in [1.82, 2.24) is 4.90 Å². The van der Waals surface area contributed by atoms with Crippen molar-refractivity contribution < 1.29 is 19.1 Å². The predicted molar refractivity (Wildman–Crippen MR) is 100 cm³/mol. The monoisotopic (exact) mass is 356 g/mol. The molecular formula is C20H24N2O4. The maximum atomic E-state index is 12.6. The molecule has 0 unspecified atom stereocenters. The number of methoxy groups -OCH3 is 1. The molecule has 0 saturated heterocycles. The van der Waals surface area contributed by atoms with E-state index in [0.29, 0.717) is 24.5 Å². The Balaban J connectivity index is 2.05. The zero-order valence-corrected chi connectivity index (χ0v) is 15.1. The number of benzene rings is 2. The zero-order valence-electron chi connectivity index (χ0n) is 15.1. The van der Waals surface area contributed by atoms with Crippen LogP contribution >= 0.6 is 0 Å². The molecule has 26 heavy (non-hydrogen) atoms. The minimum atomic E-state index is -0.581. The summed E-state index contributed by atoms with van der Waals surface area (Å²) in [4.78, 5) is 25.6. The lowest BCUT2D eigenvalue weighted by Crippen LogP contribution is -2.34. The summed E-state index contributed by atoms with van der Waals surface area (Å²) in [6.45, 7) is 3.18. The van der Waals surface area contributed by atoms with Crippen LogP contribution in [0.2, 0.25) is 0 Å². The third kappa shape index (κ3) is 6.12. The van der Waals surface area contributed by atoms with Crippen molar-refractivity contribution in [2.24, 2.45) is 0 Å². The lowest BCUT2D eigenvalue weighted by Gasteiger charge is -2.22. The van der Waals surface area contributed by atoms with Gasteiger partial charge in [-0.15, -0.1) is 0 Å². The summed E-state index contributed by atoms with van der Waals surface area (Å²) < 4.78 is 10.1. The summed E-state index contributed by atoms with van der Waals surface area (Å²) >= 11 is 0. The van der Waals surface area contributed by atoms with Crippen LogP contribution in [0.3, 0.4) is 0 Å². The van der Waals surface area contributed by atoms with Gasteiger partial charge >= 0.3 is 12.2 Å². The summed E-state index contributed by atoms with van der Waals surface area (Å²) in [6.07, 6.45) is 0.878. The van der Waals surface area contributed by atoms with Crippen LogP contribution in [-0.2, 0) is 11.3 Å². The molecule has 6 heteroatoms. The average molecular weight is 356 g/mol. The lowest BCUT2D eigenvalue weighted by molar-refractivity contribution is 0.148. The van der Waals surface area contributed by atoms with E-state index in [1.165, 1.54) is 7.11 Å². The molecule has 0 aliphatic carbocycles. The molecular weight excluding hydrogens is 332 g/mol. The molecule has 0 heterocycles. The van der Waals surface area contributed by atoms with E-state index in [1.54, 1.807) is 29.2 Å². The fourth-order valence-electron chi connectivity index (χ4n) is 2.36. The first-order chi connectivity index (χ1) is 12.6. The van der Waals surface area contributed by atoms with Crippen LogP contribution < -0.4 is 10.1 Å². The second kappa shape index (κ2) is 10.1. The number of nitrogens with one attached hydrogen (secondary N) is 1. The van der Waals surface area contributed by atoms with E-state index in [1.807, 2.05) is 30.3 Å². The van der Waals surface area contributed by atoms with Gasteiger partial charge in [0.2, 0.25) is 0 Å². The van der Waals surface area contributed by atoms with Crippen LogP contribution in [-0.4, -0.2) is 30.7 Å². The van der Waals surface area contributed by atoms with Gasteiger partial charge in [-0.05, 0) is 24.1 Å². The van der Waals surface area contributed by atoms with E-state index >= 15 is 0 Å². The van der Waals surface area contributed by atoms with Crippen LogP contribution in [0.4, 0.5) is 15.3 Å². The van der Waals surface area contributed by atoms with E-state index in [-0.39, 0.29) is 0 Å². The highest BCUT2D eigenvalue weighted by molar-refractivity contribution is 5.84. The first-order valence-electron chi connectivity index (χ1n) is 8.58. The molecule has 2 aromatic rings. The number of anilines is 1. The minimum Gasteiger partial charge on any atom is -0.453 e. The standard InChI is InChI=1S/C20H24N2O4/c1-3-4-13-22(15-16-9-6-5-7-10-16)20(24)26-18-12-8-11-17(14-18)21-19(23)25-2/h5-12,14H,3-4,13,15H2,1-2H3,(H,21,23). The Morgan fingerprint density at radius 1 is 1.08 bits per heavy atom. The molecule has 138 valence electrons. The lowest BCUT2D eigenvalue weighted by atomic mass is 10.2. The van der Waals surface area contributed by atoms with Crippen molar-refractivity contribution in [3.63, 3.8) is 0 Å².